The SMILES string of the molecule is CCCCCCCCCCCCCCCCCC1(S(=O)(=O)O)N=c2ccccc2=N1. The lowest BCUT2D eigenvalue weighted by atomic mass is 10.0. The summed E-state index contributed by atoms with van der Waals surface area (Å²) in [6, 6.07) is 7.06. The van der Waals surface area contributed by atoms with Gasteiger partial charge in [-0.1, -0.05) is 109 Å². The van der Waals surface area contributed by atoms with Crippen LogP contribution >= 0.6 is 0 Å². The van der Waals surface area contributed by atoms with Crippen LogP contribution in [0.3, 0.4) is 0 Å². The molecule has 170 valence electrons. The molecule has 30 heavy (non-hydrogen) atoms. The van der Waals surface area contributed by atoms with Crippen LogP contribution in [-0.2, 0) is 10.1 Å². The minimum Gasteiger partial charge on any atom is -0.282 e. The first-order valence-corrected chi connectivity index (χ1v) is 13.4. The summed E-state index contributed by atoms with van der Waals surface area (Å²) >= 11 is 0. The van der Waals surface area contributed by atoms with E-state index >= 15 is 0 Å². The highest BCUT2D eigenvalue weighted by molar-refractivity contribution is 7.87. The molecule has 0 amide bonds. The predicted octanol–water partition coefficient (Wildman–Crippen LogP) is 5.74. The maximum Gasteiger partial charge on any atom is 0.312 e. The number of unbranched alkanes of at least 4 members (excludes halogenated alkanes) is 14. The summed E-state index contributed by atoms with van der Waals surface area (Å²) in [7, 11) is -4.38. The number of benzene rings is 1. The summed E-state index contributed by atoms with van der Waals surface area (Å²) in [6.45, 7) is 2.26. The first-order chi connectivity index (χ1) is 14.5. The van der Waals surface area contributed by atoms with E-state index in [-0.39, 0.29) is 6.42 Å². The van der Waals surface area contributed by atoms with Gasteiger partial charge in [0, 0.05) is 6.42 Å². The molecule has 0 atom stereocenters. The molecule has 0 radical (unpaired) electrons. The van der Waals surface area contributed by atoms with Gasteiger partial charge in [0.1, 0.15) is 0 Å². The average Bonchev–Trinajstić information content (AvgIpc) is 3.11. The normalized spacial score (nSPS) is 14.9. The zero-order chi connectivity index (χ0) is 21.7. The summed E-state index contributed by atoms with van der Waals surface area (Å²) < 4.78 is 33.7. The Morgan fingerprint density at radius 1 is 0.700 bits per heavy atom. The van der Waals surface area contributed by atoms with Crippen molar-refractivity contribution < 1.29 is 13.0 Å². The van der Waals surface area contributed by atoms with Crippen molar-refractivity contribution in [3.8, 4) is 0 Å². The Hall–Kier alpha value is -1.27. The molecule has 2 rings (SSSR count). The summed E-state index contributed by atoms with van der Waals surface area (Å²) in [5.74, 6) is 0. The zero-order valence-electron chi connectivity index (χ0n) is 18.7. The van der Waals surface area contributed by atoms with Gasteiger partial charge in [0.2, 0.25) is 0 Å². The Bertz CT molecular complexity index is 801. The van der Waals surface area contributed by atoms with E-state index in [1.54, 1.807) is 24.3 Å². The molecule has 5 nitrogen and oxygen atoms in total. The van der Waals surface area contributed by atoms with Crippen LogP contribution < -0.4 is 10.7 Å². The molecule has 0 unspecified atom stereocenters. The summed E-state index contributed by atoms with van der Waals surface area (Å²) in [5, 5.41) is 1.08. The molecule has 0 spiro atoms. The minimum atomic E-state index is -4.38. The number of rotatable bonds is 17. The van der Waals surface area contributed by atoms with Gasteiger partial charge in [-0.3, -0.25) is 4.55 Å². The van der Waals surface area contributed by atoms with Gasteiger partial charge in [-0.15, -0.1) is 0 Å². The monoisotopic (exact) mass is 436 g/mol. The molecule has 0 fully saturated rings. The molecule has 0 aliphatic carbocycles. The van der Waals surface area contributed by atoms with Gasteiger partial charge in [0.05, 0.1) is 10.7 Å². The molecule has 1 heterocycles. The molecule has 0 bridgehead atoms. The second-order valence-corrected chi connectivity index (χ2v) is 10.2. The molecule has 1 aromatic rings. The van der Waals surface area contributed by atoms with E-state index in [0.29, 0.717) is 17.1 Å². The van der Waals surface area contributed by atoms with E-state index in [0.717, 1.165) is 12.8 Å². The van der Waals surface area contributed by atoms with Gasteiger partial charge >= 0.3 is 10.1 Å². The molecular weight excluding hydrogens is 396 g/mol. The molecule has 0 saturated heterocycles. The van der Waals surface area contributed by atoms with Crippen molar-refractivity contribution >= 4 is 10.1 Å². The Labute approximate surface area is 182 Å². The van der Waals surface area contributed by atoms with Crippen molar-refractivity contribution in [2.45, 2.75) is 115 Å². The van der Waals surface area contributed by atoms with Gasteiger partial charge in [0.25, 0.3) is 4.99 Å². The fourth-order valence-electron chi connectivity index (χ4n) is 4.14. The molecular formula is C24H40N2O3S. The lowest BCUT2D eigenvalue weighted by Crippen LogP contribution is -2.33. The Morgan fingerprint density at radius 2 is 1.07 bits per heavy atom. The lowest BCUT2D eigenvalue weighted by Gasteiger charge is -2.19. The number of hydrogen-bond acceptors (Lipinski definition) is 4. The van der Waals surface area contributed by atoms with Crippen molar-refractivity contribution in [2.75, 3.05) is 0 Å². The van der Waals surface area contributed by atoms with Crippen LogP contribution in [0.4, 0.5) is 0 Å². The molecule has 0 aromatic heterocycles. The Morgan fingerprint density at radius 3 is 1.43 bits per heavy atom. The van der Waals surface area contributed by atoms with Crippen LogP contribution in [0.25, 0.3) is 0 Å². The van der Waals surface area contributed by atoms with Gasteiger partial charge in [-0.05, 0) is 18.6 Å². The van der Waals surface area contributed by atoms with Crippen LogP contribution in [-0.4, -0.2) is 18.0 Å². The van der Waals surface area contributed by atoms with Gasteiger partial charge in [-0.2, -0.15) is 8.42 Å². The van der Waals surface area contributed by atoms with E-state index in [4.69, 9.17) is 0 Å². The van der Waals surface area contributed by atoms with Crippen molar-refractivity contribution in [3.05, 3.63) is 35.0 Å². The summed E-state index contributed by atoms with van der Waals surface area (Å²) in [6.07, 6.45) is 19.0. The molecule has 1 aliphatic heterocycles. The van der Waals surface area contributed by atoms with Crippen LogP contribution in [0.5, 0.6) is 0 Å². The van der Waals surface area contributed by atoms with Crippen LogP contribution in [0, 0.1) is 0 Å². The summed E-state index contributed by atoms with van der Waals surface area (Å²) in [5.41, 5.74) is 0. The second-order valence-electron chi connectivity index (χ2n) is 8.63. The van der Waals surface area contributed by atoms with Gasteiger partial charge in [0.15, 0.2) is 0 Å². The van der Waals surface area contributed by atoms with Crippen molar-refractivity contribution in [1.82, 2.24) is 0 Å². The average molecular weight is 437 g/mol. The van der Waals surface area contributed by atoms with E-state index in [2.05, 4.69) is 16.9 Å². The smallest absolute Gasteiger partial charge is 0.282 e. The van der Waals surface area contributed by atoms with Gasteiger partial charge in [-0.25, -0.2) is 9.98 Å². The third kappa shape index (κ3) is 8.10. The third-order valence-electron chi connectivity index (χ3n) is 5.99. The van der Waals surface area contributed by atoms with E-state index in [9.17, 15) is 13.0 Å². The van der Waals surface area contributed by atoms with Crippen molar-refractivity contribution in [1.29, 1.82) is 0 Å². The zero-order valence-corrected chi connectivity index (χ0v) is 19.5. The van der Waals surface area contributed by atoms with E-state index in [1.165, 1.54) is 77.0 Å². The van der Waals surface area contributed by atoms with Crippen molar-refractivity contribution in [2.24, 2.45) is 9.98 Å². The maximum absolute atomic E-state index is 12.0. The number of fused-ring (bicyclic) bond motifs is 1. The topological polar surface area (TPSA) is 79.1 Å². The Kier molecular flexibility index (Phi) is 11.0. The first-order valence-electron chi connectivity index (χ1n) is 12.0. The fraction of sp³-hybridized carbons (Fsp3) is 0.750. The van der Waals surface area contributed by atoms with Crippen molar-refractivity contribution in [3.63, 3.8) is 0 Å². The predicted molar refractivity (Wildman–Crippen MR) is 123 cm³/mol. The highest BCUT2D eigenvalue weighted by atomic mass is 32.2. The number of nitrogens with zero attached hydrogens (tertiary/aromatic N) is 2. The third-order valence-corrected chi connectivity index (χ3v) is 7.20. The fourth-order valence-corrected chi connectivity index (χ4v) is 4.97. The molecule has 6 heteroatoms. The summed E-state index contributed by atoms with van der Waals surface area (Å²) in [4.78, 5) is 6.76. The van der Waals surface area contributed by atoms with Crippen LogP contribution in [0.1, 0.15) is 110 Å². The standard InChI is InChI=1S/C24H40N2O3S/c1-2-3-4-5-6-7-8-9-10-11-12-13-14-15-18-21-24(30(27,28)29)25-22-19-16-17-20-23(22)26-24/h16-17,19-20H,2-15,18,21H2,1H3,(H,27,28,29). The Balaban J connectivity index is 1.54. The minimum absolute atomic E-state index is 0.235. The molecule has 1 N–H and O–H groups in total. The molecule has 0 saturated carbocycles. The number of para-hydroxylation sites is 2. The van der Waals surface area contributed by atoms with Crippen LogP contribution in [0.2, 0.25) is 0 Å². The van der Waals surface area contributed by atoms with E-state index in [1.807, 2.05) is 0 Å². The van der Waals surface area contributed by atoms with Gasteiger partial charge < -0.3 is 0 Å². The number of hydrogen-bond donors (Lipinski definition) is 1. The highest BCUT2D eigenvalue weighted by Crippen LogP contribution is 2.28. The van der Waals surface area contributed by atoms with E-state index < -0.39 is 15.1 Å². The second kappa shape index (κ2) is 13.2. The molecule has 1 aliphatic rings. The largest absolute Gasteiger partial charge is 0.312 e. The van der Waals surface area contributed by atoms with Crippen LogP contribution in [0.15, 0.2) is 34.3 Å². The quantitative estimate of drug-likeness (QED) is 0.250. The first kappa shape index (κ1) is 25.0. The highest BCUT2D eigenvalue weighted by Gasteiger charge is 2.43. The maximum atomic E-state index is 12.0. The lowest BCUT2D eigenvalue weighted by molar-refractivity contribution is 0.406. The molecule has 1 aromatic carbocycles.